The number of anilines is 1. The topological polar surface area (TPSA) is 122 Å². The van der Waals surface area contributed by atoms with Crippen LogP contribution in [-0.2, 0) is 22.6 Å². The van der Waals surface area contributed by atoms with E-state index in [4.69, 9.17) is 4.42 Å². The van der Waals surface area contributed by atoms with Crippen LogP contribution in [-0.4, -0.2) is 93.8 Å². The molecule has 46 heavy (non-hydrogen) atoms. The van der Waals surface area contributed by atoms with Crippen LogP contribution in [0, 0.1) is 5.92 Å². The molecule has 0 bridgehead atoms. The Morgan fingerprint density at radius 1 is 0.848 bits per heavy atom. The number of carbonyl (C=O) groups is 3. The lowest BCUT2D eigenvalue weighted by molar-refractivity contribution is -0.143. The molecule has 4 aliphatic rings. The van der Waals surface area contributed by atoms with E-state index < -0.39 is 11.7 Å². The highest BCUT2D eigenvalue weighted by molar-refractivity contribution is 5.92. The van der Waals surface area contributed by atoms with Crippen molar-refractivity contribution in [2.24, 2.45) is 5.92 Å². The summed E-state index contributed by atoms with van der Waals surface area (Å²) in [6.45, 7) is 5.40. The lowest BCUT2D eigenvalue weighted by Crippen LogP contribution is -2.52. The number of carbonyl (C=O) groups excluding carboxylic acids is 3. The quantitative estimate of drug-likeness (QED) is 0.405. The van der Waals surface area contributed by atoms with E-state index in [1.807, 2.05) is 45.0 Å². The summed E-state index contributed by atoms with van der Waals surface area (Å²) in [5, 5.41) is 3.00. The molecule has 3 saturated heterocycles. The van der Waals surface area contributed by atoms with Gasteiger partial charge < -0.3 is 29.3 Å². The van der Waals surface area contributed by atoms with Crippen LogP contribution in [0.3, 0.4) is 0 Å². The minimum atomic E-state index is -0.513. The number of fused-ring (bicyclic) bond motifs is 2. The van der Waals surface area contributed by atoms with Crippen molar-refractivity contribution >= 4 is 34.6 Å². The number of piperidine rings is 3. The highest BCUT2D eigenvalue weighted by atomic mass is 16.4. The summed E-state index contributed by atoms with van der Waals surface area (Å²) in [7, 11) is 0. The molecule has 2 aromatic carbocycles. The second-order valence-corrected chi connectivity index (χ2v) is 13.4. The predicted molar refractivity (Wildman–Crippen MR) is 174 cm³/mol. The van der Waals surface area contributed by atoms with Gasteiger partial charge in [0, 0.05) is 56.9 Å². The molecule has 0 saturated carbocycles. The molecule has 1 atom stereocenters. The first kappa shape index (κ1) is 30.5. The van der Waals surface area contributed by atoms with Crippen molar-refractivity contribution in [2.45, 2.75) is 76.4 Å². The Morgan fingerprint density at radius 2 is 1.57 bits per heavy atom. The maximum Gasteiger partial charge on any atom is 0.417 e. The van der Waals surface area contributed by atoms with Crippen LogP contribution in [0.1, 0.15) is 62.5 Å². The van der Waals surface area contributed by atoms with Crippen molar-refractivity contribution in [1.82, 2.24) is 24.6 Å². The number of para-hydroxylation sites is 1. The number of amides is 4. The molecule has 7 rings (SSSR count). The van der Waals surface area contributed by atoms with Gasteiger partial charge in [-0.3, -0.25) is 14.6 Å². The highest BCUT2D eigenvalue weighted by Gasteiger charge is 2.36. The largest absolute Gasteiger partial charge is 0.417 e. The fourth-order valence-corrected chi connectivity index (χ4v) is 7.93. The summed E-state index contributed by atoms with van der Waals surface area (Å²) in [6.07, 6.45) is 7.68. The Hall–Kier alpha value is -4.12. The number of aromatic amines is 1. The van der Waals surface area contributed by atoms with Crippen LogP contribution in [0.2, 0.25) is 0 Å². The second kappa shape index (κ2) is 13.3. The number of nitrogens with one attached hydrogen (secondary N) is 2. The number of urea groups is 1. The molecular weight excluding hydrogens is 584 g/mol. The Kier molecular flexibility index (Phi) is 8.84. The fourth-order valence-electron chi connectivity index (χ4n) is 7.93. The summed E-state index contributed by atoms with van der Waals surface area (Å²) >= 11 is 0. The molecule has 3 fully saturated rings. The Bertz CT molecular complexity index is 1630. The number of nitrogens with zero attached hydrogens (tertiary/aromatic N) is 4. The second-order valence-electron chi connectivity index (χ2n) is 13.4. The molecule has 1 unspecified atom stereocenters. The Balaban J connectivity index is 1.00. The van der Waals surface area contributed by atoms with E-state index >= 15 is 0 Å². The van der Waals surface area contributed by atoms with Crippen molar-refractivity contribution in [3.63, 3.8) is 0 Å². The highest BCUT2D eigenvalue weighted by Crippen LogP contribution is 2.29. The van der Waals surface area contributed by atoms with Crippen LogP contribution in [0.5, 0.6) is 0 Å². The number of hydrogen-bond donors (Lipinski definition) is 2. The van der Waals surface area contributed by atoms with E-state index in [1.165, 1.54) is 19.3 Å². The van der Waals surface area contributed by atoms with Crippen molar-refractivity contribution in [3.8, 4) is 0 Å². The maximum absolute atomic E-state index is 14.1. The van der Waals surface area contributed by atoms with Gasteiger partial charge in [-0.1, -0.05) is 30.7 Å². The van der Waals surface area contributed by atoms with E-state index in [-0.39, 0.29) is 30.3 Å². The average molecular weight is 629 g/mol. The molecule has 0 radical (unpaired) electrons. The van der Waals surface area contributed by atoms with Gasteiger partial charge in [0.1, 0.15) is 0 Å². The summed E-state index contributed by atoms with van der Waals surface area (Å²) in [5.74, 6) is -1.02. The number of hydrogen-bond acceptors (Lipinski definition) is 6. The molecule has 4 aliphatic heterocycles. The number of likely N-dealkylation sites (tertiary alicyclic amines) is 3. The third-order valence-corrected chi connectivity index (χ3v) is 10.5. The fraction of sp³-hybridized carbons (Fsp3) is 0.543. The standard InChI is InChI=1S/C35H44N6O5/c42-32(39-16-12-28(13-17-39)41-23-25-6-2-3-7-29(25)36-34(41)44)22-26(20-24-8-9-30-31(21-24)46-35(45)37-30)33(43)40-18-10-27(11-19-40)38-14-4-1-5-15-38/h2-3,6-9,21,26-28H,1,4-5,10-20,22-23H2,(H,36,44)(H,37,45). The minimum Gasteiger partial charge on any atom is -0.408 e. The van der Waals surface area contributed by atoms with Crippen LogP contribution >= 0.6 is 0 Å². The van der Waals surface area contributed by atoms with Crippen LogP contribution in [0.25, 0.3) is 11.1 Å². The van der Waals surface area contributed by atoms with Crippen LogP contribution in [0.15, 0.2) is 51.7 Å². The lowest BCUT2D eigenvalue weighted by Gasteiger charge is -2.41. The lowest BCUT2D eigenvalue weighted by atomic mass is 9.91. The number of H-pyrrole nitrogens is 1. The van der Waals surface area contributed by atoms with E-state index in [0.29, 0.717) is 69.1 Å². The molecule has 0 aliphatic carbocycles. The predicted octanol–water partition coefficient (Wildman–Crippen LogP) is 4.19. The number of benzene rings is 2. The molecule has 4 amide bonds. The first-order chi connectivity index (χ1) is 22.4. The Labute approximate surface area is 268 Å². The van der Waals surface area contributed by atoms with Crippen molar-refractivity contribution in [2.75, 3.05) is 44.6 Å². The van der Waals surface area contributed by atoms with E-state index in [9.17, 15) is 19.2 Å². The first-order valence-corrected chi connectivity index (χ1v) is 17.0. The van der Waals surface area contributed by atoms with E-state index in [0.717, 1.165) is 42.7 Å². The molecule has 244 valence electrons. The third-order valence-electron chi connectivity index (χ3n) is 10.5. The monoisotopic (exact) mass is 628 g/mol. The molecule has 2 N–H and O–H groups in total. The van der Waals surface area contributed by atoms with Crippen molar-refractivity contribution in [3.05, 3.63) is 64.1 Å². The Morgan fingerprint density at radius 3 is 2.35 bits per heavy atom. The number of aromatic nitrogens is 1. The molecule has 11 nitrogen and oxygen atoms in total. The van der Waals surface area contributed by atoms with Gasteiger partial charge in [0.25, 0.3) is 0 Å². The van der Waals surface area contributed by atoms with Crippen LogP contribution in [0.4, 0.5) is 10.5 Å². The normalized spacial score (nSPS) is 20.9. The maximum atomic E-state index is 14.1. The molecule has 3 aromatic rings. The third kappa shape index (κ3) is 6.56. The van der Waals surface area contributed by atoms with Gasteiger partial charge in [-0.05, 0) is 87.4 Å². The average Bonchev–Trinajstić information content (AvgIpc) is 3.47. The zero-order valence-electron chi connectivity index (χ0n) is 26.4. The molecule has 1 aromatic heterocycles. The molecular formula is C35H44N6O5. The molecule has 0 spiro atoms. The number of oxazole rings is 1. The van der Waals surface area contributed by atoms with Crippen molar-refractivity contribution in [1.29, 1.82) is 0 Å². The zero-order chi connectivity index (χ0) is 31.6. The van der Waals surface area contributed by atoms with E-state index in [2.05, 4.69) is 15.2 Å². The van der Waals surface area contributed by atoms with Gasteiger partial charge in [0.15, 0.2) is 5.58 Å². The SMILES string of the molecule is O=C(CC(Cc1ccc2[nH]c(=O)oc2c1)C(=O)N1CCC(N2CCCCC2)CC1)N1CCC(N2Cc3ccccc3NC2=O)CC1. The zero-order valence-corrected chi connectivity index (χ0v) is 26.4. The minimum absolute atomic E-state index is 0.0253. The van der Waals surface area contributed by atoms with Gasteiger partial charge in [-0.25, -0.2) is 9.59 Å². The summed E-state index contributed by atoms with van der Waals surface area (Å²) in [6, 6.07) is 13.8. The summed E-state index contributed by atoms with van der Waals surface area (Å²) in [5.41, 5.74) is 3.88. The van der Waals surface area contributed by atoms with Gasteiger partial charge in [-0.2, -0.15) is 0 Å². The van der Waals surface area contributed by atoms with Gasteiger partial charge in [-0.15, -0.1) is 0 Å². The number of rotatable bonds is 7. The van der Waals surface area contributed by atoms with Crippen LogP contribution < -0.4 is 11.1 Å². The summed E-state index contributed by atoms with van der Waals surface area (Å²) < 4.78 is 5.28. The van der Waals surface area contributed by atoms with E-state index in [1.54, 1.807) is 12.1 Å². The molecule has 11 heteroatoms. The van der Waals surface area contributed by atoms with Gasteiger partial charge >= 0.3 is 11.8 Å². The van der Waals surface area contributed by atoms with Gasteiger partial charge in [0.2, 0.25) is 11.8 Å². The first-order valence-electron chi connectivity index (χ1n) is 17.0. The van der Waals surface area contributed by atoms with Crippen molar-refractivity contribution < 1.29 is 18.8 Å². The van der Waals surface area contributed by atoms with Gasteiger partial charge in [0.05, 0.1) is 11.4 Å². The summed E-state index contributed by atoms with van der Waals surface area (Å²) in [4.78, 5) is 63.4. The molecule has 5 heterocycles. The smallest absolute Gasteiger partial charge is 0.408 e.